The molecule has 0 unspecified atom stereocenters. The number of rotatable bonds is 8. The first-order valence-electron chi connectivity index (χ1n) is 8.22. The molecule has 0 radical (unpaired) electrons. The molecule has 5 nitrogen and oxygen atoms in total. The predicted octanol–water partition coefficient (Wildman–Crippen LogP) is 3.89. The van der Waals surface area contributed by atoms with E-state index in [0.29, 0.717) is 13.0 Å². The van der Waals surface area contributed by atoms with Gasteiger partial charge in [-0.25, -0.2) is 4.79 Å². The summed E-state index contributed by atoms with van der Waals surface area (Å²) in [6.07, 6.45) is 0.568. The van der Waals surface area contributed by atoms with E-state index < -0.39 is 20.5 Å². The number of carbonyl (C=O) groups is 2. The second-order valence-electron chi connectivity index (χ2n) is 7.35. The van der Waals surface area contributed by atoms with E-state index in [1.54, 1.807) is 0 Å². The summed E-state index contributed by atoms with van der Waals surface area (Å²) < 4.78 is 11.1. The van der Waals surface area contributed by atoms with E-state index in [9.17, 15) is 9.59 Å². The number of hydrogen-bond donors (Lipinski definition) is 1. The molecule has 24 heavy (non-hydrogen) atoms. The number of alkyl carbamates (subject to hydrolysis) is 1. The third kappa shape index (κ3) is 6.84. The zero-order chi connectivity index (χ0) is 18.2. The van der Waals surface area contributed by atoms with Crippen LogP contribution in [0.4, 0.5) is 4.79 Å². The van der Waals surface area contributed by atoms with Crippen molar-refractivity contribution in [1.29, 1.82) is 0 Å². The van der Waals surface area contributed by atoms with Crippen LogP contribution in [0, 0.1) is 0 Å². The zero-order valence-electron chi connectivity index (χ0n) is 15.3. The molecule has 0 aliphatic rings. The van der Waals surface area contributed by atoms with Gasteiger partial charge in [-0.2, -0.15) is 0 Å². The molecule has 0 heterocycles. The second kappa shape index (κ2) is 8.99. The number of hydrogen-bond acceptors (Lipinski definition) is 4. The van der Waals surface area contributed by atoms with E-state index in [2.05, 4.69) is 39.2 Å². The van der Waals surface area contributed by atoms with Crippen LogP contribution >= 0.6 is 0 Å². The minimum Gasteiger partial charge on any atom is -0.445 e. The average Bonchev–Trinajstić information content (AvgIpc) is 2.51. The molecular formula is C18H29NO4Si. The lowest BCUT2D eigenvalue weighted by Gasteiger charge is -2.36. The fourth-order valence-corrected chi connectivity index (χ4v) is 2.81. The van der Waals surface area contributed by atoms with Crippen molar-refractivity contribution in [2.75, 3.05) is 6.61 Å². The Bertz CT molecular complexity index is 526. The topological polar surface area (TPSA) is 64.6 Å². The molecule has 1 rings (SSSR count). The quantitative estimate of drug-likeness (QED) is 0.570. The predicted molar refractivity (Wildman–Crippen MR) is 97.4 cm³/mol. The van der Waals surface area contributed by atoms with Gasteiger partial charge in [0.1, 0.15) is 12.9 Å². The Morgan fingerprint density at radius 2 is 1.88 bits per heavy atom. The molecule has 0 saturated carbocycles. The molecule has 1 atom stereocenters. The highest BCUT2D eigenvalue weighted by Gasteiger charge is 2.37. The van der Waals surface area contributed by atoms with E-state index in [-0.39, 0.29) is 11.6 Å². The molecule has 0 aromatic heterocycles. The maximum absolute atomic E-state index is 11.8. The molecule has 0 spiro atoms. The molecule has 0 bridgehead atoms. The molecule has 1 amide bonds. The van der Waals surface area contributed by atoms with Crippen molar-refractivity contribution < 1.29 is 18.8 Å². The summed E-state index contributed by atoms with van der Waals surface area (Å²) in [5, 5.41) is 2.68. The molecule has 1 N–H and O–H groups in total. The van der Waals surface area contributed by atoms with Crippen molar-refractivity contribution >= 4 is 20.7 Å². The Morgan fingerprint density at radius 3 is 2.42 bits per heavy atom. The van der Waals surface area contributed by atoms with E-state index in [1.165, 1.54) is 0 Å². The highest BCUT2D eigenvalue weighted by molar-refractivity contribution is 6.74. The van der Waals surface area contributed by atoms with Crippen LogP contribution in [0.1, 0.15) is 32.8 Å². The minimum absolute atomic E-state index is 0.117. The number of nitrogens with one attached hydrogen (secondary N) is 1. The lowest BCUT2D eigenvalue weighted by molar-refractivity contribution is -0.109. The van der Waals surface area contributed by atoms with Crippen molar-refractivity contribution in [2.45, 2.75) is 58.0 Å². The lowest BCUT2D eigenvalue weighted by Crippen LogP contribution is -2.43. The van der Waals surface area contributed by atoms with Crippen LogP contribution in [0.2, 0.25) is 18.1 Å². The highest BCUT2D eigenvalue weighted by Crippen LogP contribution is 2.36. The highest BCUT2D eigenvalue weighted by atomic mass is 28.4. The minimum atomic E-state index is -1.84. The van der Waals surface area contributed by atoms with E-state index >= 15 is 0 Å². The Labute approximate surface area is 145 Å². The molecule has 6 heteroatoms. The molecule has 0 fully saturated rings. The summed E-state index contributed by atoms with van der Waals surface area (Å²) in [7, 11) is -1.84. The molecular weight excluding hydrogens is 322 g/mol. The summed E-state index contributed by atoms with van der Waals surface area (Å²) in [5.74, 6) is 0. The molecule has 134 valence electrons. The van der Waals surface area contributed by atoms with Crippen molar-refractivity contribution in [3.63, 3.8) is 0 Å². The molecule has 0 aliphatic carbocycles. The van der Waals surface area contributed by atoms with Crippen molar-refractivity contribution in [1.82, 2.24) is 5.32 Å². The third-order valence-electron chi connectivity index (χ3n) is 4.38. The van der Waals surface area contributed by atoms with Crippen LogP contribution in [0.3, 0.4) is 0 Å². The normalized spacial score (nSPS) is 13.2. The van der Waals surface area contributed by atoms with Gasteiger partial charge in [0.05, 0.1) is 6.04 Å². The maximum atomic E-state index is 11.8. The molecule has 0 saturated heterocycles. The fraction of sp³-hybridized carbons (Fsp3) is 0.556. The van der Waals surface area contributed by atoms with Crippen LogP contribution in [0.5, 0.6) is 0 Å². The Hall–Kier alpha value is -1.66. The molecule has 0 aliphatic heterocycles. The number of ether oxygens (including phenoxy) is 1. The summed E-state index contributed by atoms with van der Waals surface area (Å²) in [6, 6.07) is 8.80. The summed E-state index contributed by atoms with van der Waals surface area (Å²) in [6.45, 7) is 11.4. The first-order chi connectivity index (χ1) is 11.2. The summed E-state index contributed by atoms with van der Waals surface area (Å²) >= 11 is 0. The average molecular weight is 352 g/mol. The van der Waals surface area contributed by atoms with E-state index in [0.717, 1.165) is 11.8 Å². The van der Waals surface area contributed by atoms with Crippen LogP contribution in [-0.4, -0.2) is 33.3 Å². The van der Waals surface area contributed by atoms with Crippen molar-refractivity contribution in [3.8, 4) is 0 Å². The number of carbonyl (C=O) groups excluding carboxylic acids is 2. The van der Waals surface area contributed by atoms with Gasteiger partial charge in [0, 0.05) is 6.61 Å². The fourth-order valence-electron chi connectivity index (χ4n) is 1.75. The van der Waals surface area contributed by atoms with Gasteiger partial charge in [-0.15, -0.1) is 0 Å². The number of aldehydes is 1. The number of amides is 1. The Balaban J connectivity index is 2.36. The second-order valence-corrected chi connectivity index (χ2v) is 12.2. The summed E-state index contributed by atoms with van der Waals surface area (Å²) in [4.78, 5) is 22.9. The van der Waals surface area contributed by atoms with Gasteiger partial charge in [-0.3, -0.25) is 0 Å². The molecule has 1 aromatic rings. The van der Waals surface area contributed by atoms with Gasteiger partial charge in [0.15, 0.2) is 8.32 Å². The maximum Gasteiger partial charge on any atom is 0.408 e. The van der Waals surface area contributed by atoms with Crippen LogP contribution < -0.4 is 5.32 Å². The first kappa shape index (κ1) is 20.4. The molecule has 1 aromatic carbocycles. The van der Waals surface area contributed by atoms with E-state index in [4.69, 9.17) is 9.16 Å². The zero-order valence-corrected chi connectivity index (χ0v) is 16.3. The van der Waals surface area contributed by atoms with E-state index in [1.807, 2.05) is 30.3 Å². The van der Waals surface area contributed by atoms with Gasteiger partial charge < -0.3 is 19.3 Å². The van der Waals surface area contributed by atoms with Gasteiger partial charge in [0.25, 0.3) is 0 Å². The van der Waals surface area contributed by atoms with Gasteiger partial charge in [-0.05, 0) is 30.1 Å². The van der Waals surface area contributed by atoms with Crippen LogP contribution in [0.25, 0.3) is 0 Å². The van der Waals surface area contributed by atoms with Crippen molar-refractivity contribution in [2.24, 2.45) is 0 Å². The summed E-state index contributed by atoms with van der Waals surface area (Å²) in [5.41, 5.74) is 0.900. The standard InChI is InChI=1S/C18H29NO4Si/c1-18(2,3)24(4,5)23-12-11-16(13-20)19-17(21)22-14-15-9-7-6-8-10-15/h6-10,13,16H,11-12,14H2,1-5H3,(H,19,21)/t16-/m1/s1. The third-order valence-corrected chi connectivity index (χ3v) is 8.92. The van der Waals surface area contributed by atoms with Crippen molar-refractivity contribution in [3.05, 3.63) is 35.9 Å². The lowest BCUT2D eigenvalue weighted by atomic mass is 10.2. The monoisotopic (exact) mass is 351 g/mol. The Kier molecular flexibility index (Phi) is 7.63. The Morgan fingerprint density at radius 1 is 1.25 bits per heavy atom. The van der Waals surface area contributed by atoms with Gasteiger partial charge in [0.2, 0.25) is 0 Å². The van der Waals surface area contributed by atoms with Gasteiger partial charge in [-0.1, -0.05) is 51.1 Å². The van der Waals surface area contributed by atoms with Crippen LogP contribution in [0.15, 0.2) is 30.3 Å². The smallest absolute Gasteiger partial charge is 0.408 e. The SMILES string of the molecule is CC(C)(C)[Si](C)(C)OCC[C@H](C=O)NC(=O)OCc1ccccc1. The van der Waals surface area contributed by atoms with Gasteiger partial charge >= 0.3 is 6.09 Å². The largest absolute Gasteiger partial charge is 0.445 e. The number of benzene rings is 1. The van der Waals surface area contributed by atoms with Crippen LogP contribution in [-0.2, 0) is 20.6 Å². The first-order valence-corrected chi connectivity index (χ1v) is 11.1.